The summed E-state index contributed by atoms with van der Waals surface area (Å²) in [6.45, 7) is 0. The van der Waals surface area contributed by atoms with Crippen LogP contribution in [0.5, 0.6) is 0 Å². The van der Waals surface area contributed by atoms with Crippen molar-refractivity contribution in [1.82, 2.24) is 4.98 Å². The van der Waals surface area contributed by atoms with Gasteiger partial charge >= 0.3 is 5.97 Å². The maximum absolute atomic E-state index is 10.9. The number of aliphatic hydroxyl groups excluding tert-OH is 1. The van der Waals surface area contributed by atoms with Crippen LogP contribution in [0, 0.1) is 5.41 Å². The maximum atomic E-state index is 10.9. The van der Waals surface area contributed by atoms with Gasteiger partial charge in [0.05, 0.1) is 17.0 Å². The number of hydrogen-bond donors (Lipinski definition) is 3. The highest BCUT2D eigenvalue weighted by Gasteiger charge is 2.16. The van der Waals surface area contributed by atoms with Gasteiger partial charge in [0.2, 0.25) is 0 Å². The van der Waals surface area contributed by atoms with Crippen LogP contribution in [0.3, 0.4) is 0 Å². The maximum Gasteiger partial charge on any atom is 0.335 e. The van der Waals surface area contributed by atoms with Crippen LogP contribution < -0.4 is 0 Å². The number of hydrogen-bond acceptors (Lipinski definition) is 4. The number of nitrogens with zero attached hydrogens (tertiary/aromatic N) is 1. The summed E-state index contributed by atoms with van der Waals surface area (Å²) in [4.78, 5) is 14.8. The molecular formula is C15H14N2O3. The molecule has 1 atom stereocenters. The number of pyridine rings is 1. The summed E-state index contributed by atoms with van der Waals surface area (Å²) in [7, 11) is 0. The van der Waals surface area contributed by atoms with E-state index in [9.17, 15) is 9.90 Å². The Kier molecular flexibility index (Phi) is 4.22. The summed E-state index contributed by atoms with van der Waals surface area (Å²) in [5.74, 6) is -1.08. The first-order valence-electron chi connectivity index (χ1n) is 6.08. The smallest absolute Gasteiger partial charge is 0.335 e. The zero-order valence-electron chi connectivity index (χ0n) is 10.7. The fraction of sp³-hybridized carbons (Fsp3) is 0.133. The van der Waals surface area contributed by atoms with Crippen LogP contribution in [0.15, 0.2) is 48.7 Å². The van der Waals surface area contributed by atoms with Crippen LogP contribution in [0.1, 0.15) is 21.6 Å². The number of benzene rings is 1. The zero-order chi connectivity index (χ0) is 14.5. The molecule has 0 spiro atoms. The normalized spacial score (nSPS) is 11.8. The van der Waals surface area contributed by atoms with Gasteiger partial charge in [-0.2, -0.15) is 0 Å². The molecule has 0 aliphatic heterocycles. The molecule has 5 nitrogen and oxygen atoms in total. The van der Waals surface area contributed by atoms with Gasteiger partial charge < -0.3 is 15.6 Å². The summed E-state index contributed by atoms with van der Waals surface area (Å²) in [5.41, 5.74) is 1.04. The van der Waals surface area contributed by atoms with E-state index in [1.54, 1.807) is 0 Å². The van der Waals surface area contributed by atoms with E-state index in [0.29, 0.717) is 6.42 Å². The molecule has 102 valence electrons. The highest BCUT2D eigenvalue weighted by atomic mass is 16.4. The minimum Gasteiger partial charge on any atom is -0.478 e. The highest BCUT2D eigenvalue weighted by molar-refractivity contribution is 6.01. The van der Waals surface area contributed by atoms with Crippen LogP contribution >= 0.6 is 0 Å². The third kappa shape index (κ3) is 3.27. The summed E-state index contributed by atoms with van der Waals surface area (Å²) in [6, 6.07) is 11.9. The van der Waals surface area contributed by atoms with E-state index in [2.05, 4.69) is 4.98 Å². The average Bonchev–Trinajstić information content (AvgIpc) is 2.47. The SMILES string of the molecule is N=C(c1cc(C(=O)O)ccn1)C(O)Cc1ccccc1. The summed E-state index contributed by atoms with van der Waals surface area (Å²) in [6.07, 6.45) is 0.593. The molecular weight excluding hydrogens is 256 g/mol. The van der Waals surface area contributed by atoms with E-state index in [1.807, 2.05) is 30.3 Å². The molecule has 5 heteroatoms. The molecule has 1 aromatic carbocycles. The van der Waals surface area contributed by atoms with E-state index in [1.165, 1.54) is 18.3 Å². The van der Waals surface area contributed by atoms with Gasteiger partial charge in [-0.15, -0.1) is 0 Å². The van der Waals surface area contributed by atoms with Gasteiger partial charge in [0, 0.05) is 12.6 Å². The molecule has 2 rings (SSSR count). The van der Waals surface area contributed by atoms with Crippen LogP contribution in [-0.4, -0.2) is 33.0 Å². The van der Waals surface area contributed by atoms with E-state index in [-0.39, 0.29) is 17.0 Å². The number of rotatable bonds is 5. The van der Waals surface area contributed by atoms with Crippen molar-refractivity contribution in [3.8, 4) is 0 Å². The number of aromatic carboxylic acids is 1. The molecule has 0 fully saturated rings. The number of aromatic nitrogens is 1. The second-order valence-corrected chi connectivity index (χ2v) is 4.35. The monoisotopic (exact) mass is 270 g/mol. The van der Waals surface area contributed by atoms with E-state index in [4.69, 9.17) is 10.5 Å². The molecule has 0 saturated carbocycles. The van der Waals surface area contributed by atoms with Crippen molar-refractivity contribution in [2.24, 2.45) is 0 Å². The summed E-state index contributed by atoms with van der Waals surface area (Å²) < 4.78 is 0. The third-order valence-corrected chi connectivity index (χ3v) is 2.89. The van der Waals surface area contributed by atoms with Gasteiger partial charge in [0.15, 0.2) is 0 Å². The van der Waals surface area contributed by atoms with Crippen LogP contribution in [-0.2, 0) is 6.42 Å². The van der Waals surface area contributed by atoms with Gasteiger partial charge in [0.25, 0.3) is 0 Å². The Hall–Kier alpha value is -2.53. The number of nitrogens with one attached hydrogen (secondary N) is 1. The van der Waals surface area contributed by atoms with Crippen LogP contribution in [0.4, 0.5) is 0 Å². The Morgan fingerprint density at radius 3 is 2.60 bits per heavy atom. The standard InChI is InChI=1S/C15H14N2O3/c16-14(12-9-11(15(19)20)6-7-17-12)13(18)8-10-4-2-1-3-5-10/h1-7,9,13,16,18H,8H2,(H,19,20). The molecule has 1 aromatic heterocycles. The first-order valence-corrected chi connectivity index (χ1v) is 6.08. The van der Waals surface area contributed by atoms with Crippen molar-refractivity contribution >= 4 is 11.7 Å². The number of carbonyl (C=O) groups is 1. The predicted molar refractivity (Wildman–Crippen MR) is 74.2 cm³/mol. The fourth-order valence-corrected chi connectivity index (χ4v) is 1.82. The Morgan fingerprint density at radius 2 is 1.95 bits per heavy atom. The highest BCUT2D eigenvalue weighted by Crippen LogP contribution is 2.09. The second kappa shape index (κ2) is 6.08. The Bertz CT molecular complexity index is 626. The zero-order valence-corrected chi connectivity index (χ0v) is 10.7. The first kappa shape index (κ1) is 13.9. The Morgan fingerprint density at radius 1 is 1.25 bits per heavy atom. The number of aliphatic hydroxyl groups is 1. The van der Waals surface area contributed by atoms with E-state index in [0.717, 1.165) is 5.56 Å². The van der Waals surface area contributed by atoms with Gasteiger partial charge in [-0.05, 0) is 17.7 Å². The molecule has 0 amide bonds. The van der Waals surface area contributed by atoms with Crippen LogP contribution in [0.25, 0.3) is 0 Å². The molecule has 1 unspecified atom stereocenters. The molecule has 0 saturated heterocycles. The van der Waals surface area contributed by atoms with Crippen molar-refractivity contribution in [2.75, 3.05) is 0 Å². The molecule has 0 aliphatic rings. The van der Waals surface area contributed by atoms with E-state index >= 15 is 0 Å². The third-order valence-electron chi connectivity index (χ3n) is 2.89. The second-order valence-electron chi connectivity index (χ2n) is 4.35. The Labute approximate surface area is 116 Å². The molecule has 0 radical (unpaired) electrons. The summed E-state index contributed by atoms with van der Waals surface area (Å²) >= 11 is 0. The number of carboxylic acids is 1. The van der Waals surface area contributed by atoms with Gasteiger partial charge in [-0.3, -0.25) is 4.98 Å². The van der Waals surface area contributed by atoms with Crippen molar-refractivity contribution in [3.63, 3.8) is 0 Å². The molecule has 0 aliphatic carbocycles. The van der Waals surface area contributed by atoms with Crippen molar-refractivity contribution in [3.05, 3.63) is 65.5 Å². The molecule has 20 heavy (non-hydrogen) atoms. The minimum atomic E-state index is -1.08. The predicted octanol–water partition coefficient (Wildman–Crippen LogP) is 1.75. The molecule has 1 heterocycles. The number of carboxylic acid groups (broad SMARTS) is 1. The average molecular weight is 270 g/mol. The molecule has 0 bridgehead atoms. The lowest BCUT2D eigenvalue weighted by molar-refractivity contribution is 0.0696. The topological polar surface area (TPSA) is 94.3 Å². The molecule has 3 N–H and O–H groups in total. The van der Waals surface area contributed by atoms with E-state index < -0.39 is 12.1 Å². The van der Waals surface area contributed by atoms with Gasteiger partial charge in [0.1, 0.15) is 6.10 Å². The van der Waals surface area contributed by atoms with Crippen molar-refractivity contribution in [1.29, 1.82) is 5.41 Å². The van der Waals surface area contributed by atoms with Gasteiger partial charge in [-0.1, -0.05) is 30.3 Å². The Balaban J connectivity index is 2.14. The lowest BCUT2D eigenvalue weighted by Gasteiger charge is -2.12. The van der Waals surface area contributed by atoms with Crippen LogP contribution in [0.2, 0.25) is 0 Å². The largest absolute Gasteiger partial charge is 0.478 e. The lowest BCUT2D eigenvalue weighted by Crippen LogP contribution is -2.24. The van der Waals surface area contributed by atoms with Crippen molar-refractivity contribution < 1.29 is 15.0 Å². The first-order chi connectivity index (χ1) is 9.58. The summed E-state index contributed by atoms with van der Waals surface area (Å²) in [5, 5.41) is 26.9. The lowest BCUT2D eigenvalue weighted by atomic mass is 10.0. The van der Waals surface area contributed by atoms with Gasteiger partial charge in [-0.25, -0.2) is 4.79 Å². The molecule has 2 aromatic rings. The minimum absolute atomic E-state index is 0.0478. The fourth-order valence-electron chi connectivity index (χ4n) is 1.82. The van der Waals surface area contributed by atoms with Crippen molar-refractivity contribution in [2.45, 2.75) is 12.5 Å². The quantitative estimate of drug-likeness (QED) is 0.721.